The number of alkyl halides is 2. The fraction of sp³-hybridized carbons (Fsp3) is 0.538. The lowest BCUT2D eigenvalue weighted by molar-refractivity contribution is -0.108. The number of rotatable bonds is 4. The molecule has 1 aliphatic heterocycles. The SMILES string of the molecule is FC(F)(COC1CCCNC1)c1ccccc1. The zero-order valence-electron chi connectivity index (χ0n) is 9.66. The minimum absolute atomic E-state index is 0.0174. The van der Waals surface area contributed by atoms with E-state index in [0.717, 1.165) is 19.4 Å². The highest BCUT2D eigenvalue weighted by Crippen LogP contribution is 2.28. The van der Waals surface area contributed by atoms with Gasteiger partial charge in [-0.2, -0.15) is 8.78 Å². The van der Waals surface area contributed by atoms with E-state index in [2.05, 4.69) is 5.32 Å². The molecule has 1 aromatic rings. The van der Waals surface area contributed by atoms with Crippen LogP contribution in [0.4, 0.5) is 8.78 Å². The number of ether oxygens (including phenoxy) is 1. The fourth-order valence-electron chi connectivity index (χ4n) is 1.95. The Balaban J connectivity index is 1.88. The van der Waals surface area contributed by atoms with E-state index in [1.807, 2.05) is 0 Å². The highest BCUT2D eigenvalue weighted by molar-refractivity contribution is 5.19. The molecule has 4 heteroatoms. The third kappa shape index (κ3) is 3.48. The van der Waals surface area contributed by atoms with Crippen LogP contribution in [-0.4, -0.2) is 25.8 Å². The molecular weight excluding hydrogens is 224 g/mol. The van der Waals surface area contributed by atoms with E-state index in [9.17, 15) is 8.78 Å². The minimum atomic E-state index is -2.90. The molecule has 1 N–H and O–H groups in total. The van der Waals surface area contributed by atoms with E-state index in [-0.39, 0.29) is 11.7 Å². The van der Waals surface area contributed by atoms with Crippen molar-refractivity contribution in [3.8, 4) is 0 Å². The van der Waals surface area contributed by atoms with Crippen molar-refractivity contribution < 1.29 is 13.5 Å². The summed E-state index contributed by atoms with van der Waals surface area (Å²) in [4.78, 5) is 0. The van der Waals surface area contributed by atoms with Gasteiger partial charge in [0.1, 0.15) is 6.61 Å². The van der Waals surface area contributed by atoms with Crippen LogP contribution in [0.3, 0.4) is 0 Å². The van der Waals surface area contributed by atoms with E-state index in [1.54, 1.807) is 18.2 Å². The Labute approximate surface area is 100.0 Å². The van der Waals surface area contributed by atoms with Crippen molar-refractivity contribution in [2.45, 2.75) is 24.9 Å². The summed E-state index contributed by atoms with van der Waals surface area (Å²) in [6.07, 6.45) is 1.76. The van der Waals surface area contributed by atoms with E-state index in [0.29, 0.717) is 6.54 Å². The van der Waals surface area contributed by atoms with Crippen LogP contribution in [0, 0.1) is 0 Å². The molecule has 1 atom stereocenters. The summed E-state index contributed by atoms with van der Waals surface area (Å²) in [6, 6.07) is 7.83. The highest BCUT2D eigenvalue weighted by Gasteiger charge is 2.32. The molecule has 0 saturated carbocycles. The van der Waals surface area contributed by atoms with Gasteiger partial charge in [-0.15, -0.1) is 0 Å². The first-order valence-corrected chi connectivity index (χ1v) is 5.94. The summed E-state index contributed by atoms with van der Waals surface area (Å²) in [7, 11) is 0. The summed E-state index contributed by atoms with van der Waals surface area (Å²) in [6.45, 7) is 1.09. The number of hydrogen-bond acceptors (Lipinski definition) is 2. The average Bonchev–Trinajstić information content (AvgIpc) is 2.39. The van der Waals surface area contributed by atoms with Crippen molar-refractivity contribution >= 4 is 0 Å². The Morgan fingerprint density at radius 2 is 2.06 bits per heavy atom. The van der Waals surface area contributed by atoms with Crippen LogP contribution in [0.2, 0.25) is 0 Å². The molecule has 17 heavy (non-hydrogen) atoms. The predicted molar refractivity (Wildman–Crippen MR) is 62.2 cm³/mol. The molecule has 1 aliphatic rings. The monoisotopic (exact) mass is 241 g/mol. The Bertz CT molecular complexity index is 337. The van der Waals surface area contributed by atoms with E-state index >= 15 is 0 Å². The van der Waals surface area contributed by atoms with Gasteiger partial charge in [0.05, 0.1) is 6.10 Å². The van der Waals surface area contributed by atoms with Crippen molar-refractivity contribution in [3.05, 3.63) is 35.9 Å². The summed E-state index contributed by atoms with van der Waals surface area (Å²) >= 11 is 0. The second-order valence-corrected chi connectivity index (χ2v) is 4.35. The van der Waals surface area contributed by atoms with Gasteiger partial charge in [-0.05, 0) is 19.4 Å². The van der Waals surface area contributed by atoms with Crippen LogP contribution in [0.5, 0.6) is 0 Å². The number of hydrogen-bond donors (Lipinski definition) is 1. The maximum absolute atomic E-state index is 13.8. The summed E-state index contributed by atoms with van der Waals surface area (Å²) < 4.78 is 32.8. The number of piperidine rings is 1. The quantitative estimate of drug-likeness (QED) is 0.874. The van der Waals surface area contributed by atoms with Crippen molar-refractivity contribution in [1.29, 1.82) is 0 Å². The molecule has 0 spiro atoms. The summed E-state index contributed by atoms with van der Waals surface area (Å²) in [5, 5.41) is 3.14. The Morgan fingerprint density at radius 1 is 1.29 bits per heavy atom. The lowest BCUT2D eigenvalue weighted by Gasteiger charge is -2.25. The normalized spacial score (nSPS) is 21.4. The third-order valence-corrected chi connectivity index (χ3v) is 2.95. The first kappa shape index (κ1) is 12.5. The van der Waals surface area contributed by atoms with Crippen LogP contribution in [0.25, 0.3) is 0 Å². The van der Waals surface area contributed by atoms with Crippen LogP contribution in [0.15, 0.2) is 30.3 Å². The highest BCUT2D eigenvalue weighted by atomic mass is 19.3. The molecule has 1 saturated heterocycles. The zero-order valence-corrected chi connectivity index (χ0v) is 9.66. The third-order valence-electron chi connectivity index (χ3n) is 2.95. The first-order valence-electron chi connectivity index (χ1n) is 5.94. The standard InChI is InChI=1S/C13H17F2NO/c14-13(15,11-5-2-1-3-6-11)10-17-12-7-4-8-16-9-12/h1-3,5-6,12,16H,4,7-10H2. The number of halogens is 2. The number of benzene rings is 1. The van der Waals surface area contributed by atoms with E-state index < -0.39 is 12.5 Å². The van der Waals surface area contributed by atoms with Gasteiger partial charge in [0.2, 0.25) is 0 Å². The average molecular weight is 241 g/mol. The largest absolute Gasteiger partial charge is 0.370 e. The Morgan fingerprint density at radius 3 is 2.71 bits per heavy atom. The van der Waals surface area contributed by atoms with E-state index in [4.69, 9.17) is 4.74 Å². The van der Waals surface area contributed by atoms with Gasteiger partial charge >= 0.3 is 0 Å². The Hall–Kier alpha value is -1.00. The molecule has 1 fully saturated rings. The molecule has 0 radical (unpaired) electrons. The van der Waals surface area contributed by atoms with Crippen molar-refractivity contribution in [2.75, 3.05) is 19.7 Å². The van der Waals surface area contributed by atoms with Gasteiger partial charge in [0, 0.05) is 12.1 Å². The molecule has 1 unspecified atom stereocenters. The molecular formula is C13H17F2NO. The van der Waals surface area contributed by atoms with Crippen LogP contribution < -0.4 is 5.32 Å². The summed E-state index contributed by atoms with van der Waals surface area (Å²) in [5.41, 5.74) is 0.0174. The van der Waals surface area contributed by atoms with Gasteiger partial charge < -0.3 is 10.1 Å². The molecule has 0 bridgehead atoms. The van der Waals surface area contributed by atoms with Gasteiger partial charge in [-0.3, -0.25) is 0 Å². The number of nitrogens with one attached hydrogen (secondary N) is 1. The molecule has 1 heterocycles. The van der Waals surface area contributed by atoms with Gasteiger partial charge in [-0.1, -0.05) is 30.3 Å². The molecule has 1 aromatic carbocycles. The smallest absolute Gasteiger partial charge is 0.296 e. The summed E-state index contributed by atoms with van der Waals surface area (Å²) in [5.74, 6) is -2.90. The second kappa shape index (κ2) is 5.56. The molecule has 0 amide bonds. The van der Waals surface area contributed by atoms with Crippen molar-refractivity contribution in [1.82, 2.24) is 5.32 Å². The first-order chi connectivity index (χ1) is 8.18. The Kier molecular flexibility index (Phi) is 4.07. The van der Waals surface area contributed by atoms with Gasteiger partial charge in [-0.25, -0.2) is 0 Å². The molecule has 94 valence electrons. The van der Waals surface area contributed by atoms with Crippen LogP contribution in [0.1, 0.15) is 18.4 Å². The minimum Gasteiger partial charge on any atom is -0.370 e. The molecule has 0 aromatic heterocycles. The molecule has 0 aliphatic carbocycles. The lowest BCUT2D eigenvalue weighted by Crippen LogP contribution is -2.37. The van der Waals surface area contributed by atoms with Gasteiger partial charge in [0.25, 0.3) is 5.92 Å². The van der Waals surface area contributed by atoms with Crippen LogP contribution >= 0.6 is 0 Å². The zero-order chi connectivity index (χ0) is 12.1. The van der Waals surface area contributed by atoms with E-state index in [1.165, 1.54) is 12.1 Å². The van der Waals surface area contributed by atoms with Crippen molar-refractivity contribution in [2.24, 2.45) is 0 Å². The van der Waals surface area contributed by atoms with Crippen molar-refractivity contribution in [3.63, 3.8) is 0 Å². The predicted octanol–water partition coefficient (Wildman–Crippen LogP) is 2.55. The topological polar surface area (TPSA) is 21.3 Å². The van der Waals surface area contributed by atoms with Gasteiger partial charge in [0.15, 0.2) is 0 Å². The second-order valence-electron chi connectivity index (χ2n) is 4.35. The molecule has 2 nitrogen and oxygen atoms in total. The maximum Gasteiger partial charge on any atom is 0.296 e. The van der Waals surface area contributed by atoms with Crippen LogP contribution in [-0.2, 0) is 10.7 Å². The fourth-order valence-corrected chi connectivity index (χ4v) is 1.95. The lowest BCUT2D eigenvalue weighted by atomic mass is 10.1. The molecule has 2 rings (SSSR count). The maximum atomic E-state index is 13.8.